The van der Waals surface area contributed by atoms with Crippen LogP contribution in [0.2, 0.25) is 5.02 Å². The standard InChI is InChI=1S/C11H14ClNOS/c1-7-5-9(6-8(2)10(7)12)15-11(14)13(3)4/h5-6H,1-4H3. The number of benzene rings is 1. The van der Waals surface area contributed by atoms with Crippen LogP contribution in [-0.4, -0.2) is 24.2 Å². The molecule has 0 unspecified atom stereocenters. The number of carbonyl (C=O) groups is 1. The summed E-state index contributed by atoms with van der Waals surface area (Å²) in [5.74, 6) is 0. The molecule has 0 atom stereocenters. The molecule has 0 aliphatic carbocycles. The molecule has 0 aliphatic rings. The van der Waals surface area contributed by atoms with E-state index in [0.717, 1.165) is 21.0 Å². The monoisotopic (exact) mass is 243 g/mol. The van der Waals surface area contributed by atoms with Gasteiger partial charge in [0.05, 0.1) is 0 Å². The van der Waals surface area contributed by atoms with Crippen molar-refractivity contribution in [2.45, 2.75) is 18.7 Å². The van der Waals surface area contributed by atoms with E-state index in [0.29, 0.717) is 0 Å². The Morgan fingerprint density at radius 1 is 1.27 bits per heavy atom. The highest BCUT2D eigenvalue weighted by Crippen LogP contribution is 2.28. The summed E-state index contributed by atoms with van der Waals surface area (Å²) in [7, 11) is 3.48. The fourth-order valence-corrected chi connectivity index (χ4v) is 2.12. The molecule has 0 heterocycles. The van der Waals surface area contributed by atoms with Crippen molar-refractivity contribution in [2.75, 3.05) is 14.1 Å². The average molecular weight is 244 g/mol. The first-order valence-corrected chi connectivity index (χ1v) is 5.77. The van der Waals surface area contributed by atoms with Crippen molar-refractivity contribution in [3.63, 3.8) is 0 Å². The van der Waals surface area contributed by atoms with Crippen molar-refractivity contribution < 1.29 is 4.79 Å². The average Bonchev–Trinajstić information content (AvgIpc) is 2.13. The van der Waals surface area contributed by atoms with Crippen LogP contribution in [0.1, 0.15) is 11.1 Å². The number of amides is 1. The summed E-state index contributed by atoms with van der Waals surface area (Å²) in [5.41, 5.74) is 2.01. The van der Waals surface area contributed by atoms with Gasteiger partial charge in [-0.05, 0) is 48.9 Å². The van der Waals surface area contributed by atoms with Gasteiger partial charge in [-0.1, -0.05) is 11.6 Å². The van der Waals surface area contributed by atoms with Gasteiger partial charge in [-0.15, -0.1) is 0 Å². The zero-order chi connectivity index (χ0) is 11.6. The zero-order valence-corrected chi connectivity index (χ0v) is 10.9. The fraction of sp³-hybridized carbons (Fsp3) is 0.364. The predicted octanol–water partition coefficient (Wildman–Crippen LogP) is 3.73. The summed E-state index contributed by atoms with van der Waals surface area (Å²) in [6.45, 7) is 3.89. The van der Waals surface area contributed by atoms with Gasteiger partial charge in [-0.25, -0.2) is 0 Å². The van der Waals surface area contributed by atoms with E-state index in [9.17, 15) is 4.79 Å². The first kappa shape index (κ1) is 12.4. The third-order valence-electron chi connectivity index (χ3n) is 1.98. The van der Waals surface area contributed by atoms with Crippen molar-refractivity contribution in [2.24, 2.45) is 0 Å². The second-order valence-electron chi connectivity index (χ2n) is 3.63. The highest BCUT2D eigenvalue weighted by Gasteiger charge is 2.09. The Kier molecular flexibility index (Phi) is 4.05. The lowest BCUT2D eigenvalue weighted by Crippen LogP contribution is -2.16. The van der Waals surface area contributed by atoms with Crippen molar-refractivity contribution in [3.8, 4) is 0 Å². The van der Waals surface area contributed by atoms with Crippen LogP contribution in [0.15, 0.2) is 17.0 Å². The molecular formula is C11H14ClNOS. The molecule has 0 saturated carbocycles. The molecule has 4 heteroatoms. The summed E-state index contributed by atoms with van der Waals surface area (Å²) in [6.07, 6.45) is 0. The molecule has 0 bridgehead atoms. The Hall–Kier alpha value is -0.670. The smallest absolute Gasteiger partial charge is 0.285 e. The number of aryl methyl sites for hydroxylation is 2. The van der Waals surface area contributed by atoms with E-state index in [2.05, 4.69) is 0 Å². The van der Waals surface area contributed by atoms with Gasteiger partial charge in [-0.3, -0.25) is 4.79 Å². The third-order valence-corrected chi connectivity index (χ3v) is 3.59. The number of nitrogens with zero attached hydrogens (tertiary/aromatic N) is 1. The van der Waals surface area contributed by atoms with Gasteiger partial charge in [0.15, 0.2) is 0 Å². The van der Waals surface area contributed by atoms with Crippen LogP contribution in [-0.2, 0) is 0 Å². The van der Waals surface area contributed by atoms with Crippen LogP contribution in [0.3, 0.4) is 0 Å². The largest absolute Gasteiger partial charge is 0.339 e. The number of thioether (sulfide) groups is 1. The topological polar surface area (TPSA) is 20.3 Å². The lowest BCUT2D eigenvalue weighted by Gasteiger charge is -2.11. The second kappa shape index (κ2) is 4.90. The summed E-state index contributed by atoms with van der Waals surface area (Å²) in [6, 6.07) is 3.86. The maximum absolute atomic E-state index is 11.5. The van der Waals surface area contributed by atoms with E-state index < -0.39 is 0 Å². The van der Waals surface area contributed by atoms with Crippen molar-refractivity contribution in [3.05, 3.63) is 28.3 Å². The molecule has 1 rings (SSSR count). The normalized spacial score (nSPS) is 10.2. The van der Waals surface area contributed by atoms with E-state index in [1.807, 2.05) is 26.0 Å². The molecule has 0 fully saturated rings. The van der Waals surface area contributed by atoms with Crippen molar-refractivity contribution in [1.82, 2.24) is 4.90 Å². The Morgan fingerprint density at radius 3 is 2.13 bits per heavy atom. The van der Waals surface area contributed by atoms with E-state index >= 15 is 0 Å². The van der Waals surface area contributed by atoms with Gasteiger partial charge in [0.25, 0.3) is 5.24 Å². The third kappa shape index (κ3) is 3.14. The maximum Gasteiger partial charge on any atom is 0.285 e. The highest BCUT2D eigenvalue weighted by molar-refractivity contribution is 8.13. The molecule has 0 N–H and O–H groups in total. The molecule has 15 heavy (non-hydrogen) atoms. The minimum atomic E-state index is 0.0242. The van der Waals surface area contributed by atoms with Gasteiger partial charge in [0.2, 0.25) is 0 Å². The molecule has 0 radical (unpaired) electrons. The molecule has 0 saturated heterocycles. The Morgan fingerprint density at radius 2 is 1.73 bits per heavy atom. The number of halogens is 1. The number of rotatable bonds is 1. The van der Waals surface area contributed by atoms with Crippen molar-refractivity contribution in [1.29, 1.82) is 0 Å². The predicted molar refractivity (Wildman–Crippen MR) is 65.9 cm³/mol. The number of hydrogen-bond donors (Lipinski definition) is 0. The number of carbonyl (C=O) groups excluding carboxylic acids is 1. The molecule has 1 amide bonds. The Labute approximate surface area is 99.6 Å². The minimum absolute atomic E-state index is 0.0242. The molecule has 0 aliphatic heterocycles. The van der Waals surface area contributed by atoms with Gasteiger partial charge in [0.1, 0.15) is 0 Å². The highest BCUT2D eigenvalue weighted by atomic mass is 35.5. The van der Waals surface area contributed by atoms with Gasteiger partial charge >= 0.3 is 0 Å². The first-order valence-electron chi connectivity index (χ1n) is 4.57. The molecule has 82 valence electrons. The zero-order valence-electron chi connectivity index (χ0n) is 9.30. The molecule has 0 spiro atoms. The lowest BCUT2D eigenvalue weighted by atomic mass is 10.2. The minimum Gasteiger partial charge on any atom is -0.339 e. The van der Waals surface area contributed by atoms with E-state index in [1.165, 1.54) is 11.8 Å². The lowest BCUT2D eigenvalue weighted by molar-refractivity contribution is 0.241. The maximum atomic E-state index is 11.5. The number of hydrogen-bond acceptors (Lipinski definition) is 2. The fourth-order valence-electron chi connectivity index (χ4n) is 1.16. The second-order valence-corrected chi connectivity index (χ2v) is 5.04. The summed E-state index contributed by atoms with van der Waals surface area (Å²) in [4.78, 5) is 14.0. The molecule has 0 aromatic heterocycles. The van der Waals surface area contributed by atoms with Crippen molar-refractivity contribution >= 4 is 28.6 Å². The Bertz CT molecular complexity index is 367. The first-order chi connectivity index (χ1) is 6.91. The summed E-state index contributed by atoms with van der Waals surface area (Å²) >= 11 is 7.26. The SMILES string of the molecule is Cc1cc(SC(=O)N(C)C)cc(C)c1Cl. The van der Waals surface area contributed by atoms with E-state index in [-0.39, 0.29) is 5.24 Å². The molecular weight excluding hydrogens is 230 g/mol. The van der Waals surface area contributed by atoms with Gasteiger partial charge < -0.3 is 4.90 Å². The van der Waals surface area contributed by atoms with Crippen LogP contribution in [0.5, 0.6) is 0 Å². The molecule has 2 nitrogen and oxygen atoms in total. The van der Waals surface area contributed by atoms with Crippen LogP contribution in [0.4, 0.5) is 4.79 Å². The molecule has 1 aromatic carbocycles. The van der Waals surface area contributed by atoms with Gasteiger partial charge in [-0.2, -0.15) is 0 Å². The van der Waals surface area contributed by atoms with E-state index in [4.69, 9.17) is 11.6 Å². The Balaban J connectivity index is 2.93. The van der Waals surface area contributed by atoms with Crippen LogP contribution in [0, 0.1) is 13.8 Å². The van der Waals surface area contributed by atoms with Crippen LogP contribution in [0.25, 0.3) is 0 Å². The van der Waals surface area contributed by atoms with Gasteiger partial charge in [0, 0.05) is 24.0 Å². The van der Waals surface area contributed by atoms with Crippen LogP contribution < -0.4 is 0 Å². The van der Waals surface area contributed by atoms with E-state index in [1.54, 1.807) is 19.0 Å². The van der Waals surface area contributed by atoms with Crippen LogP contribution >= 0.6 is 23.4 Å². The quantitative estimate of drug-likeness (QED) is 0.701. The molecule has 1 aromatic rings. The summed E-state index contributed by atoms with van der Waals surface area (Å²) in [5, 5.41) is 0.799. The summed E-state index contributed by atoms with van der Waals surface area (Å²) < 4.78 is 0.